The maximum absolute atomic E-state index is 12.3. The number of hydrogen-bond donors (Lipinski definition) is 1. The minimum Gasteiger partial charge on any atom is -0.481 e. The van der Waals surface area contributed by atoms with Gasteiger partial charge < -0.3 is 14.6 Å². The number of nitrogens with one attached hydrogen (secondary N) is 1. The van der Waals surface area contributed by atoms with Crippen LogP contribution in [0.3, 0.4) is 0 Å². The summed E-state index contributed by atoms with van der Waals surface area (Å²) < 4.78 is 10.9. The first-order valence-electron chi connectivity index (χ1n) is 8.63. The molecule has 2 aromatic carbocycles. The second-order valence-corrected chi connectivity index (χ2v) is 7.18. The number of rotatable bonds is 6. The van der Waals surface area contributed by atoms with Crippen LogP contribution in [0.1, 0.15) is 23.9 Å². The van der Waals surface area contributed by atoms with Crippen molar-refractivity contribution in [3.8, 4) is 17.1 Å². The van der Waals surface area contributed by atoms with Crippen molar-refractivity contribution in [1.29, 1.82) is 0 Å². The molecule has 8 heteroatoms. The van der Waals surface area contributed by atoms with Gasteiger partial charge in [-0.05, 0) is 68.3 Å². The number of benzene rings is 2. The Labute approximate surface area is 172 Å². The monoisotopic (exact) mass is 419 g/mol. The summed E-state index contributed by atoms with van der Waals surface area (Å²) in [5.74, 6) is 1.02. The fourth-order valence-electron chi connectivity index (χ4n) is 2.58. The molecule has 3 rings (SSSR count). The van der Waals surface area contributed by atoms with Crippen LogP contribution in [0.5, 0.6) is 5.75 Å². The average molecular weight is 420 g/mol. The smallest absolute Gasteiger partial charge is 0.261 e. The molecule has 0 spiro atoms. The van der Waals surface area contributed by atoms with Crippen LogP contribution >= 0.6 is 23.2 Å². The summed E-state index contributed by atoms with van der Waals surface area (Å²) in [4.78, 5) is 16.6. The van der Waals surface area contributed by atoms with E-state index in [1.807, 2.05) is 13.8 Å². The van der Waals surface area contributed by atoms with E-state index >= 15 is 0 Å². The molecule has 1 N–H and O–H groups in total. The van der Waals surface area contributed by atoms with Gasteiger partial charge in [0, 0.05) is 15.6 Å². The summed E-state index contributed by atoms with van der Waals surface area (Å²) in [6.45, 7) is 5.55. The van der Waals surface area contributed by atoms with E-state index in [1.165, 1.54) is 0 Å². The number of hydrogen-bond acceptors (Lipinski definition) is 5. The summed E-state index contributed by atoms with van der Waals surface area (Å²) >= 11 is 12.0. The molecule has 0 saturated heterocycles. The van der Waals surface area contributed by atoms with Gasteiger partial charge in [0.2, 0.25) is 11.7 Å². The first-order valence-corrected chi connectivity index (χ1v) is 9.38. The van der Waals surface area contributed by atoms with Crippen LogP contribution in [0.15, 0.2) is 40.9 Å². The zero-order valence-corrected chi connectivity index (χ0v) is 17.1. The zero-order chi connectivity index (χ0) is 20.3. The largest absolute Gasteiger partial charge is 0.481 e. The van der Waals surface area contributed by atoms with Crippen LogP contribution in [0.2, 0.25) is 10.0 Å². The predicted molar refractivity (Wildman–Crippen MR) is 108 cm³/mol. The fraction of sp³-hybridized carbons (Fsp3) is 0.250. The second-order valence-electron chi connectivity index (χ2n) is 6.37. The van der Waals surface area contributed by atoms with Crippen molar-refractivity contribution in [1.82, 2.24) is 15.5 Å². The molecule has 0 aliphatic rings. The van der Waals surface area contributed by atoms with Crippen molar-refractivity contribution < 1.29 is 14.1 Å². The number of halogens is 2. The Kier molecular flexibility index (Phi) is 6.21. The lowest BCUT2D eigenvalue weighted by Gasteiger charge is -2.15. The molecule has 6 nitrogen and oxygen atoms in total. The maximum atomic E-state index is 12.3. The molecule has 28 heavy (non-hydrogen) atoms. The summed E-state index contributed by atoms with van der Waals surface area (Å²) in [7, 11) is 0. The third kappa shape index (κ3) is 4.82. The number of aryl methyl sites for hydroxylation is 2. The van der Waals surface area contributed by atoms with Gasteiger partial charge in [-0.15, -0.1) is 0 Å². The first kappa shape index (κ1) is 20.2. The van der Waals surface area contributed by atoms with Crippen molar-refractivity contribution in [3.63, 3.8) is 0 Å². The molecule has 1 amide bonds. The second kappa shape index (κ2) is 8.63. The number of nitrogens with zero attached hydrogens (tertiary/aromatic N) is 2. The van der Waals surface area contributed by atoms with Crippen LogP contribution in [-0.2, 0) is 11.3 Å². The summed E-state index contributed by atoms with van der Waals surface area (Å²) in [5.41, 5.74) is 2.56. The number of ether oxygens (including phenoxy) is 1. The Hall–Kier alpha value is -2.57. The van der Waals surface area contributed by atoms with Crippen molar-refractivity contribution in [2.75, 3.05) is 0 Å². The molecule has 0 bridgehead atoms. The molecule has 3 aromatic rings. The highest BCUT2D eigenvalue weighted by atomic mass is 35.5. The number of carbonyl (C=O) groups excluding carboxylic acids is 1. The van der Waals surface area contributed by atoms with E-state index in [1.54, 1.807) is 43.3 Å². The van der Waals surface area contributed by atoms with E-state index in [-0.39, 0.29) is 12.5 Å². The lowest BCUT2D eigenvalue weighted by atomic mass is 10.1. The van der Waals surface area contributed by atoms with Crippen LogP contribution in [0.4, 0.5) is 0 Å². The number of carbonyl (C=O) groups is 1. The van der Waals surface area contributed by atoms with E-state index in [0.717, 1.165) is 16.7 Å². The van der Waals surface area contributed by atoms with Gasteiger partial charge in [0.25, 0.3) is 5.91 Å². The lowest BCUT2D eigenvalue weighted by Crippen LogP contribution is -2.36. The molecule has 1 atom stereocenters. The Balaban J connectivity index is 1.57. The molecule has 1 aromatic heterocycles. The molecule has 146 valence electrons. The topological polar surface area (TPSA) is 77.2 Å². The van der Waals surface area contributed by atoms with Crippen molar-refractivity contribution in [2.24, 2.45) is 0 Å². The zero-order valence-electron chi connectivity index (χ0n) is 15.6. The number of amides is 1. The summed E-state index contributed by atoms with van der Waals surface area (Å²) in [6.07, 6.45) is -0.696. The summed E-state index contributed by atoms with van der Waals surface area (Å²) in [5, 5.41) is 7.95. The lowest BCUT2D eigenvalue weighted by molar-refractivity contribution is -0.127. The molecule has 0 radical (unpaired) electrons. The van der Waals surface area contributed by atoms with Gasteiger partial charge in [-0.25, -0.2) is 0 Å². The normalized spacial score (nSPS) is 11.9. The molecule has 1 heterocycles. The summed E-state index contributed by atoms with van der Waals surface area (Å²) in [6, 6.07) is 10.7. The molecule has 0 fully saturated rings. The van der Waals surface area contributed by atoms with Gasteiger partial charge in [-0.1, -0.05) is 28.4 Å². The van der Waals surface area contributed by atoms with Gasteiger partial charge in [0.15, 0.2) is 6.10 Å². The van der Waals surface area contributed by atoms with Gasteiger partial charge >= 0.3 is 0 Å². The highest BCUT2D eigenvalue weighted by molar-refractivity contribution is 6.32. The Morgan fingerprint density at radius 3 is 2.46 bits per heavy atom. The van der Waals surface area contributed by atoms with Crippen LogP contribution in [-0.4, -0.2) is 22.2 Å². The molecule has 0 aliphatic carbocycles. The van der Waals surface area contributed by atoms with E-state index in [2.05, 4.69) is 15.5 Å². The standard InChI is InChI=1S/C20H19Cl2N3O3/c1-11-8-16(9-12(2)18(11)22)27-13(3)20(26)23-10-17-24-19(25-28-17)14-4-6-15(21)7-5-14/h4-9,13H,10H2,1-3H3,(H,23,26). The maximum Gasteiger partial charge on any atom is 0.261 e. The third-order valence-corrected chi connectivity index (χ3v) is 4.92. The van der Waals surface area contributed by atoms with Gasteiger partial charge in [-0.2, -0.15) is 4.98 Å². The molecule has 0 aliphatic heterocycles. The SMILES string of the molecule is Cc1cc(OC(C)C(=O)NCc2nc(-c3ccc(Cl)cc3)no2)cc(C)c1Cl. The first-order chi connectivity index (χ1) is 13.3. The van der Waals surface area contributed by atoms with E-state index in [9.17, 15) is 4.79 Å². The molecular formula is C20H19Cl2N3O3. The Morgan fingerprint density at radius 2 is 1.82 bits per heavy atom. The van der Waals surface area contributed by atoms with Crippen LogP contribution in [0, 0.1) is 13.8 Å². The highest BCUT2D eigenvalue weighted by Gasteiger charge is 2.17. The molecule has 1 unspecified atom stereocenters. The van der Waals surface area contributed by atoms with E-state index in [0.29, 0.717) is 27.5 Å². The van der Waals surface area contributed by atoms with Gasteiger partial charge in [-0.3, -0.25) is 4.79 Å². The Bertz CT molecular complexity index is 964. The van der Waals surface area contributed by atoms with Crippen LogP contribution < -0.4 is 10.1 Å². The number of aromatic nitrogens is 2. The van der Waals surface area contributed by atoms with Gasteiger partial charge in [0.05, 0.1) is 6.54 Å². The third-order valence-electron chi connectivity index (χ3n) is 4.08. The van der Waals surface area contributed by atoms with Crippen molar-refractivity contribution >= 4 is 29.1 Å². The van der Waals surface area contributed by atoms with Crippen molar-refractivity contribution in [2.45, 2.75) is 33.4 Å². The van der Waals surface area contributed by atoms with Crippen molar-refractivity contribution in [3.05, 3.63) is 63.5 Å². The highest BCUT2D eigenvalue weighted by Crippen LogP contribution is 2.26. The van der Waals surface area contributed by atoms with E-state index in [4.69, 9.17) is 32.5 Å². The predicted octanol–water partition coefficient (Wildman–Crippen LogP) is 4.74. The van der Waals surface area contributed by atoms with Gasteiger partial charge in [0.1, 0.15) is 5.75 Å². The quantitative estimate of drug-likeness (QED) is 0.623. The average Bonchev–Trinajstić information content (AvgIpc) is 3.13. The van der Waals surface area contributed by atoms with Crippen LogP contribution in [0.25, 0.3) is 11.4 Å². The Morgan fingerprint density at radius 1 is 1.18 bits per heavy atom. The molecule has 0 saturated carbocycles. The van der Waals surface area contributed by atoms with E-state index < -0.39 is 6.10 Å². The minimum atomic E-state index is -0.696. The molecular weight excluding hydrogens is 401 g/mol. The fourth-order valence-corrected chi connectivity index (χ4v) is 2.82. The minimum absolute atomic E-state index is 0.103.